The smallest absolute Gasteiger partial charge is 0.217 e. The third-order valence-electron chi connectivity index (χ3n) is 3.51. The molecular formula is C14H19NO6. The lowest BCUT2D eigenvalue weighted by Crippen LogP contribution is -2.68. The molecule has 21 heavy (non-hydrogen) atoms. The third-order valence-corrected chi connectivity index (χ3v) is 3.51. The lowest BCUT2D eigenvalue weighted by Gasteiger charge is -2.47. The molecule has 1 unspecified atom stereocenters. The molecule has 0 saturated carbocycles. The maximum absolute atomic E-state index is 11.5. The van der Waals surface area contributed by atoms with Crippen molar-refractivity contribution >= 4 is 5.91 Å². The van der Waals surface area contributed by atoms with Gasteiger partial charge in [-0.1, -0.05) is 30.3 Å². The summed E-state index contributed by atoms with van der Waals surface area (Å²) in [5.74, 6) is -2.88. The number of ether oxygens (including phenoxy) is 1. The van der Waals surface area contributed by atoms with E-state index in [1.54, 1.807) is 18.2 Å². The van der Waals surface area contributed by atoms with Gasteiger partial charge in [-0.3, -0.25) is 4.79 Å². The zero-order chi connectivity index (χ0) is 16.3. The van der Waals surface area contributed by atoms with Crippen LogP contribution in [0.5, 0.6) is 0 Å². The van der Waals surface area contributed by atoms with Crippen molar-refractivity contribution < 1.29 is 31.3 Å². The molecule has 5 N–H and O–H groups in total. The average Bonchev–Trinajstić information content (AvgIpc) is 2.55. The molecule has 0 radical (unpaired) electrons. The van der Waals surface area contributed by atoms with Crippen LogP contribution in [-0.2, 0) is 15.3 Å². The maximum Gasteiger partial charge on any atom is 0.217 e. The standard InChI is InChI=1S/C14H19NO6/c1-8(17)15-13-12(19)11(18)10(7-16)21-14(13,20)9-5-3-2-4-6-9/h2-6,10-13,16,18-20H,7H2,1H3,(H,15,17)/t10-,11-,12+,13-,14?/m1/s1/i1D. The fourth-order valence-electron chi connectivity index (χ4n) is 2.45. The lowest BCUT2D eigenvalue weighted by molar-refractivity contribution is -0.326. The van der Waals surface area contributed by atoms with Crippen LogP contribution in [0, 0.1) is 0 Å². The largest absolute Gasteiger partial charge is 0.394 e. The molecule has 0 aromatic heterocycles. The summed E-state index contributed by atoms with van der Waals surface area (Å²) in [5.41, 5.74) is 0.245. The Bertz CT molecular complexity index is 515. The number of nitrogens with one attached hydrogen (secondary N) is 1. The van der Waals surface area contributed by atoms with Crippen LogP contribution in [0.4, 0.5) is 0 Å². The van der Waals surface area contributed by atoms with E-state index in [9.17, 15) is 25.2 Å². The summed E-state index contributed by atoms with van der Waals surface area (Å²) in [4.78, 5) is 11.5. The second kappa shape index (κ2) is 6.08. The lowest BCUT2D eigenvalue weighted by atomic mass is 9.86. The first kappa shape index (κ1) is 14.4. The Morgan fingerprint density at radius 1 is 1.38 bits per heavy atom. The number of carbonyl (C=O) groups excluding carboxylic acids is 1. The summed E-state index contributed by atoms with van der Waals surface area (Å²) < 4.78 is 12.4. The van der Waals surface area contributed by atoms with E-state index < -0.39 is 49.6 Å². The van der Waals surface area contributed by atoms with Gasteiger partial charge in [0.05, 0.1) is 6.61 Å². The van der Waals surface area contributed by atoms with Crippen LogP contribution >= 0.6 is 0 Å². The van der Waals surface area contributed by atoms with Gasteiger partial charge in [-0.2, -0.15) is 0 Å². The predicted octanol–water partition coefficient (Wildman–Crippen LogP) is -1.55. The van der Waals surface area contributed by atoms with Crippen LogP contribution in [0.25, 0.3) is 0 Å². The molecule has 1 saturated heterocycles. The highest BCUT2D eigenvalue weighted by atomic mass is 16.6. The van der Waals surface area contributed by atoms with Gasteiger partial charge in [-0.15, -0.1) is 0 Å². The molecule has 0 aliphatic carbocycles. The fourth-order valence-corrected chi connectivity index (χ4v) is 2.45. The zero-order valence-electron chi connectivity index (χ0n) is 12.2. The van der Waals surface area contributed by atoms with Gasteiger partial charge in [0.2, 0.25) is 11.7 Å². The van der Waals surface area contributed by atoms with Gasteiger partial charge in [-0.25, -0.2) is 0 Å². The Kier molecular flexibility index (Phi) is 4.18. The molecule has 0 spiro atoms. The predicted molar refractivity (Wildman–Crippen MR) is 71.9 cm³/mol. The number of aliphatic hydroxyl groups excluding tert-OH is 3. The highest BCUT2D eigenvalue weighted by Crippen LogP contribution is 2.36. The van der Waals surface area contributed by atoms with Crippen molar-refractivity contribution in [3.05, 3.63) is 35.9 Å². The van der Waals surface area contributed by atoms with E-state index in [1.165, 1.54) is 12.1 Å². The van der Waals surface area contributed by atoms with Crippen LogP contribution in [0.2, 0.25) is 0 Å². The Morgan fingerprint density at radius 3 is 2.62 bits per heavy atom. The molecule has 5 atom stereocenters. The normalized spacial score (nSPS) is 36.9. The molecule has 1 aromatic rings. The third kappa shape index (κ3) is 2.92. The van der Waals surface area contributed by atoms with Gasteiger partial charge in [-0.05, 0) is 0 Å². The first-order valence-corrected chi connectivity index (χ1v) is 6.45. The van der Waals surface area contributed by atoms with Crippen molar-refractivity contribution in [3.8, 4) is 0 Å². The molecule has 1 aliphatic rings. The van der Waals surface area contributed by atoms with Crippen LogP contribution in [-0.4, -0.2) is 57.3 Å². The van der Waals surface area contributed by atoms with E-state index in [0.29, 0.717) is 0 Å². The average molecular weight is 298 g/mol. The van der Waals surface area contributed by atoms with E-state index in [0.717, 1.165) is 0 Å². The summed E-state index contributed by atoms with van der Waals surface area (Å²) in [6.45, 7) is -1.22. The maximum atomic E-state index is 11.5. The Balaban J connectivity index is 2.42. The van der Waals surface area contributed by atoms with Gasteiger partial charge in [0.25, 0.3) is 0 Å². The number of hydrogen-bond donors (Lipinski definition) is 5. The Morgan fingerprint density at radius 2 is 2.05 bits per heavy atom. The van der Waals surface area contributed by atoms with E-state index in [1.807, 2.05) is 0 Å². The summed E-state index contributed by atoms with van der Waals surface area (Å²) in [6, 6.07) is 6.64. The number of hydrogen-bond acceptors (Lipinski definition) is 6. The summed E-state index contributed by atoms with van der Waals surface area (Å²) in [5, 5.41) is 42.5. The summed E-state index contributed by atoms with van der Waals surface area (Å²) in [7, 11) is 0. The molecule has 1 heterocycles. The van der Waals surface area contributed by atoms with Crippen molar-refractivity contribution in [2.75, 3.05) is 6.61 Å². The highest BCUT2D eigenvalue weighted by Gasteiger charge is 2.54. The molecule has 7 nitrogen and oxygen atoms in total. The second-order valence-corrected chi connectivity index (χ2v) is 4.93. The minimum Gasteiger partial charge on any atom is -0.394 e. The van der Waals surface area contributed by atoms with E-state index in [2.05, 4.69) is 5.32 Å². The van der Waals surface area contributed by atoms with Crippen molar-refractivity contribution in [3.63, 3.8) is 0 Å². The summed E-state index contributed by atoms with van der Waals surface area (Å²) in [6.07, 6.45) is -4.29. The molecular weight excluding hydrogens is 278 g/mol. The van der Waals surface area contributed by atoms with Crippen molar-refractivity contribution in [1.82, 2.24) is 5.32 Å². The molecule has 0 bridgehead atoms. The second-order valence-electron chi connectivity index (χ2n) is 4.93. The number of amides is 1. The van der Waals surface area contributed by atoms with Gasteiger partial charge in [0.1, 0.15) is 24.4 Å². The molecule has 1 fully saturated rings. The Labute approximate surface area is 123 Å². The number of aliphatic hydroxyl groups is 4. The molecule has 7 heteroatoms. The van der Waals surface area contributed by atoms with E-state index in [4.69, 9.17) is 6.11 Å². The van der Waals surface area contributed by atoms with Crippen LogP contribution < -0.4 is 5.32 Å². The van der Waals surface area contributed by atoms with Gasteiger partial charge in [0, 0.05) is 13.8 Å². The topological polar surface area (TPSA) is 119 Å². The van der Waals surface area contributed by atoms with Gasteiger partial charge < -0.3 is 30.5 Å². The van der Waals surface area contributed by atoms with Crippen molar-refractivity contribution in [2.24, 2.45) is 0 Å². The van der Waals surface area contributed by atoms with Crippen LogP contribution in [0.1, 0.15) is 13.8 Å². The van der Waals surface area contributed by atoms with E-state index >= 15 is 0 Å². The number of benzene rings is 1. The zero-order valence-corrected chi connectivity index (χ0v) is 11.2. The molecule has 1 amide bonds. The minimum absolute atomic E-state index is 0.245. The first-order chi connectivity index (χ1) is 10.4. The van der Waals surface area contributed by atoms with Crippen LogP contribution in [0.3, 0.4) is 0 Å². The number of rotatable bonds is 3. The SMILES string of the molecule is [2H]CC(=O)N[C@@H]1[C@@H](O)[C@H](O)[C@@H](CO)OC1(O)c1ccccc1. The quantitative estimate of drug-likeness (QED) is 0.461. The molecule has 1 aromatic carbocycles. The monoisotopic (exact) mass is 298 g/mol. The highest BCUT2D eigenvalue weighted by molar-refractivity contribution is 5.73. The van der Waals surface area contributed by atoms with Gasteiger partial charge in [0.15, 0.2) is 0 Å². The molecule has 2 rings (SSSR count). The minimum atomic E-state index is -2.14. The first-order valence-electron chi connectivity index (χ1n) is 7.16. The Hall–Kier alpha value is -1.51. The molecule has 1 aliphatic heterocycles. The fraction of sp³-hybridized carbons (Fsp3) is 0.500. The number of carbonyl (C=O) groups is 1. The van der Waals surface area contributed by atoms with Crippen LogP contribution in [0.15, 0.2) is 30.3 Å². The summed E-state index contributed by atoms with van der Waals surface area (Å²) >= 11 is 0. The van der Waals surface area contributed by atoms with E-state index in [-0.39, 0.29) is 5.56 Å². The van der Waals surface area contributed by atoms with Crippen molar-refractivity contribution in [2.45, 2.75) is 37.0 Å². The van der Waals surface area contributed by atoms with Gasteiger partial charge >= 0.3 is 0 Å². The molecule has 116 valence electrons. The van der Waals surface area contributed by atoms with Crippen molar-refractivity contribution in [1.29, 1.82) is 0 Å².